The van der Waals surface area contributed by atoms with E-state index in [1.165, 1.54) is 18.2 Å². The molecule has 2 aromatic rings. The highest BCUT2D eigenvalue weighted by molar-refractivity contribution is 6.36. The molecule has 1 N–H and O–H groups in total. The summed E-state index contributed by atoms with van der Waals surface area (Å²) in [5.74, 6) is -2.35. The molecular weight excluding hydrogens is 336 g/mol. The van der Waals surface area contributed by atoms with Crippen molar-refractivity contribution in [2.45, 2.75) is 0 Å². The Morgan fingerprint density at radius 3 is 2.23 bits per heavy atom. The molecule has 0 saturated carbocycles. The van der Waals surface area contributed by atoms with Crippen LogP contribution in [0.3, 0.4) is 0 Å². The molecule has 0 radical (unpaired) electrons. The van der Waals surface area contributed by atoms with Crippen LogP contribution >= 0.6 is 0 Å². The van der Waals surface area contributed by atoms with E-state index in [0.29, 0.717) is 18.9 Å². The molecule has 0 spiro atoms. The third kappa shape index (κ3) is 2.53. The second-order valence-electron chi connectivity index (χ2n) is 6.09. The third-order valence-electron chi connectivity index (χ3n) is 4.63. The summed E-state index contributed by atoms with van der Waals surface area (Å²) in [5.41, 5.74) is 1.31. The maximum absolute atomic E-state index is 12.7. The lowest BCUT2D eigenvalue weighted by molar-refractivity contribution is 0.0692. The van der Waals surface area contributed by atoms with Crippen molar-refractivity contribution in [3.05, 3.63) is 59.2 Å². The molecule has 1 fully saturated rings. The van der Waals surface area contributed by atoms with Crippen LogP contribution in [0.4, 0.5) is 11.4 Å². The molecule has 0 unspecified atom stereocenters. The zero-order chi connectivity index (χ0) is 18.3. The van der Waals surface area contributed by atoms with E-state index < -0.39 is 17.8 Å². The van der Waals surface area contributed by atoms with Crippen molar-refractivity contribution in [2.75, 3.05) is 36.1 Å². The number of carboxylic acid groups (broad SMARTS) is 1. The first-order valence-corrected chi connectivity index (χ1v) is 8.26. The Morgan fingerprint density at radius 2 is 1.58 bits per heavy atom. The monoisotopic (exact) mass is 352 g/mol. The minimum Gasteiger partial charge on any atom is -0.478 e. The van der Waals surface area contributed by atoms with Crippen molar-refractivity contribution in [2.24, 2.45) is 0 Å². The highest BCUT2D eigenvalue weighted by Crippen LogP contribution is 2.31. The van der Waals surface area contributed by atoms with Gasteiger partial charge in [-0.1, -0.05) is 6.07 Å². The van der Waals surface area contributed by atoms with Gasteiger partial charge in [0.15, 0.2) is 0 Å². The summed E-state index contributed by atoms with van der Waals surface area (Å²) >= 11 is 0. The largest absolute Gasteiger partial charge is 0.478 e. The molecule has 2 heterocycles. The van der Waals surface area contributed by atoms with Crippen LogP contribution in [0.1, 0.15) is 31.1 Å². The molecule has 2 aliphatic heterocycles. The van der Waals surface area contributed by atoms with Crippen LogP contribution in [0.2, 0.25) is 0 Å². The third-order valence-corrected chi connectivity index (χ3v) is 4.63. The Bertz CT molecular complexity index is 901. The predicted octanol–water partition coefficient (Wildman–Crippen LogP) is 2.02. The Kier molecular flexibility index (Phi) is 3.93. The van der Waals surface area contributed by atoms with Crippen LogP contribution in [-0.2, 0) is 4.74 Å². The summed E-state index contributed by atoms with van der Waals surface area (Å²) in [5, 5.41) is 9.29. The highest BCUT2D eigenvalue weighted by Gasteiger charge is 2.39. The number of aromatic carboxylic acids is 1. The summed E-state index contributed by atoms with van der Waals surface area (Å²) in [6, 6.07) is 11.4. The number of hydrogen-bond donors (Lipinski definition) is 1. The van der Waals surface area contributed by atoms with Gasteiger partial charge >= 0.3 is 5.97 Å². The second-order valence-corrected chi connectivity index (χ2v) is 6.09. The SMILES string of the molecule is O=C(O)c1cccc2c1C(=O)N(c1ccc(N3CCOCC3)cc1)C2=O. The fourth-order valence-corrected chi connectivity index (χ4v) is 3.33. The minimum absolute atomic E-state index is 0.0535. The first-order valence-electron chi connectivity index (χ1n) is 8.26. The van der Waals surface area contributed by atoms with E-state index in [-0.39, 0.29) is 16.7 Å². The second kappa shape index (κ2) is 6.27. The van der Waals surface area contributed by atoms with Gasteiger partial charge in [0.1, 0.15) is 0 Å². The number of carboxylic acids is 1. The normalized spacial score (nSPS) is 16.8. The first kappa shape index (κ1) is 16.3. The number of anilines is 2. The number of carbonyl (C=O) groups is 3. The Balaban J connectivity index is 1.66. The van der Waals surface area contributed by atoms with Crippen molar-refractivity contribution in [1.82, 2.24) is 0 Å². The molecule has 2 aliphatic rings. The van der Waals surface area contributed by atoms with Crippen LogP contribution in [-0.4, -0.2) is 49.2 Å². The molecule has 2 amide bonds. The van der Waals surface area contributed by atoms with Crippen LogP contribution in [0.5, 0.6) is 0 Å². The lowest BCUT2D eigenvalue weighted by atomic mass is 10.0. The van der Waals surface area contributed by atoms with Crippen molar-refractivity contribution < 1.29 is 24.2 Å². The van der Waals surface area contributed by atoms with E-state index in [4.69, 9.17) is 4.74 Å². The quantitative estimate of drug-likeness (QED) is 0.851. The van der Waals surface area contributed by atoms with Crippen molar-refractivity contribution in [3.8, 4) is 0 Å². The number of fused-ring (bicyclic) bond motifs is 1. The molecule has 2 aromatic carbocycles. The van der Waals surface area contributed by atoms with Gasteiger partial charge < -0.3 is 14.7 Å². The van der Waals surface area contributed by atoms with E-state index in [9.17, 15) is 19.5 Å². The highest BCUT2D eigenvalue weighted by atomic mass is 16.5. The van der Waals surface area contributed by atoms with Crippen LogP contribution < -0.4 is 9.80 Å². The van der Waals surface area contributed by atoms with E-state index in [2.05, 4.69) is 4.90 Å². The molecular formula is C19H16N2O5. The first-order chi connectivity index (χ1) is 12.6. The summed E-state index contributed by atoms with van der Waals surface area (Å²) in [6.45, 7) is 2.90. The average molecular weight is 352 g/mol. The van der Waals surface area contributed by atoms with E-state index in [0.717, 1.165) is 23.7 Å². The maximum Gasteiger partial charge on any atom is 0.336 e. The topological polar surface area (TPSA) is 87.2 Å². The molecule has 7 nitrogen and oxygen atoms in total. The van der Waals surface area contributed by atoms with Gasteiger partial charge in [-0.3, -0.25) is 9.59 Å². The number of amides is 2. The van der Waals surface area contributed by atoms with Gasteiger partial charge in [0.2, 0.25) is 0 Å². The molecule has 4 rings (SSSR count). The van der Waals surface area contributed by atoms with E-state index >= 15 is 0 Å². The van der Waals surface area contributed by atoms with Gasteiger partial charge in [-0.15, -0.1) is 0 Å². The molecule has 1 saturated heterocycles. The van der Waals surface area contributed by atoms with Gasteiger partial charge in [-0.05, 0) is 36.4 Å². The van der Waals surface area contributed by atoms with E-state index in [1.54, 1.807) is 12.1 Å². The van der Waals surface area contributed by atoms with Gasteiger partial charge in [0.05, 0.1) is 35.6 Å². The average Bonchev–Trinajstić information content (AvgIpc) is 2.93. The van der Waals surface area contributed by atoms with E-state index in [1.807, 2.05) is 12.1 Å². The lowest BCUT2D eigenvalue weighted by Crippen LogP contribution is -2.36. The lowest BCUT2D eigenvalue weighted by Gasteiger charge is -2.29. The van der Waals surface area contributed by atoms with Crippen molar-refractivity contribution >= 4 is 29.2 Å². The Labute approximate surface area is 149 Å². The number of benzene rings is 2. The van der Waals surface area contributed by atoms with Gasteiger partial charge in [0, 0.05) is 18.8 Å². The maximum atomic E-state index is 12.7. The van der Waals surface area contributed by atoms with Gasteiger partial charge in [-0.2, -0.15) is 0 Å². The van der Waals surface area contributed by atoms with Crippen molar-refractivity contribution in [1.29, 1.82) is 0 Å². The number of carbonyl (C=O) groups excluding carboxylic acids is 2. The fourth-order valence-electron chi connectivity index (χ4n) is 3.33. The number of imide groups is 1. The van der Waals surface area contributed by atoms with Crippen LogP contribution in [0.15, 0.2) is 42.5 Å². The predicted molar refractivity (Wildman–Crippen MR) is 94.0 cm³/mol. The summed E-state index contributed by atoms with van der Waals surface area (Å²) < 4.78 is 5.33. The Hall–Kier alpha value is -3.19. The molecule has 0 atom stereocenters. The zero-order valence-corrected chi connectivity index (χ0v) is 13.8. The molecule has 0 aromatic heterocycles. The molecule has 26 heavy (non-hydrogen) atoms. The van der Waals surface area contributed by atoms with Crippen LogP contribution in [0, 0.1) is 0 Å². The minimum atomic E-state index is -1.23. The van der Waals surface area contributed by atoms with Crippen LogP contribution in [0.25, 0.3) is 0 Å². The smallest absolute Gasteiger partial charge is 0.336 e. The molecule has 132 valence electrons. The van der Waals surface area contributed by atoms with Gasteiger partial charge in [-0.25, -0.2) is 9.69 Å². The number of ether oxygens (including phenoxy) is 1. The number of nitrogens with zero attached hydrogens (tertiary/aromatic N) is 2. The Morgan fingerprint density at radius 1 is 0.923 bits per heavy atom. The summed E-state index contributed by atoms with van der Waals surface area (Å²) in [6.07, 6.45) is 0. The zero-order valence-electron chi connectivity index (χ0n) is 13.8. The standard InChI is InChI=1S/C19H16N2O5/c22-17-14-2-1-3-15(19(24)25)16(14)18(23)21(17)13-6-4-12(5-7-13)20-8-10-26-11-9-20/h1-7H,8-11H2,(H,24,25). The summed E-state index contributed by atoms with van der Waals surface area (Å²) in [4.78, 5) is 40.0. The number of rotatable bonds is 3. The number of hydrogen-bond acceptors (Lipinski definition) is 5. The summed E-state index contributed by atoms with van der Waals surface area (Å²) in [7, 11) is 0. The molecule has 0 aliphatic carbocycles. The van der Waals surface area contributed by atoms with Gasteiger partial charge in [0.25, 0.3) is 11.8 Å². The van der Waals surface area contributed by atoms with Crippen molar-refractivity contribution in [3.63, 3.8) is 0 Å². The number of morpholine rings is 1. The fraction of sp³-hybridized carbons (Fsp3) is 0.211. The molecule has 7 heteroatoms. The molecule has 0 bridgehead atoms.